The van der Waals surface area contributed by atoms with Gasteiger partial charge in [-0.05, 0) is 53.0 Å². The lowest BCUT2D eigenvalue weighted by Crippen LogP contribution is -2.33. The molecule has 1 heterocycles. The molecule has 0 saturated carbocycles. The summed E-state index contributed by atoms with van der Waals surface area (Å²) in [5.41, 5.74) is 3.14. The Morgan fingerprint density at radius 1 is 1.03 bits per heavy atom. The molecule has 0 saturated heterocycles. The Morgan fingerprint density at radius 3 is 2.29 bits per heavy atom. The SMILES string of the molecule is CNc1snc(C)c1C(=O)N(CCc1cccc(C(F)(F)F)c1)Cc1ccc(C(C)(C)C)cc1. The van der Waals surface area contributed by atoms with E-state index in [1.807, 2.05) is 12.1 Å². The molecule has 0 unspecified atom stereocenters. The Bertz CT molecular complexity index is 1130. The van der Waals surface area contributed by atoms with Crippen LogP contribution >= 0.6 is 11.5 Å². The molecule has 34 heavy (non-hydrogen) atoms. The van der Waals surface area contributed by atoms with Crippen molar-refractivity contribution < 1.29 is 18.0 Å². The van der Waals surface area contributed by atoms with Crippen molar-refractivity contribution in [1.29, 1.82) is 0 Å². The summed E-state index contributed by atoms with van der Waals surface area (Å²) in [5, 5.41) is 3.70. The van der Waals surface area contributed by atoms with Gasteiger partial charge in [0.15, 0.2) is 0 Å². The molecule has 2 aromatic carbocycles. The maximum atomic E-state index is 13.6. The Kier molecular flexibility index (Phi) is 7.70. The average molecular weight is 490 g/mol. The van der Waals surface area contributed by atoms with E-state index in [0.29, 0.717) is 34.8 Å². The van der Waals surface area contributed by atoms with Crippen molar-refractivity contribution in [3.63, 3.8) is 0 Å². The average Bonchev–Trinajstić information content (AvgIpc) is 3.16. The van der Waals surface area contributed by atoms with Gasteiger partial charge >= 0.3 is 6.18 Å². The van der Waals surface area contributed by atoms with Crippen LogP contribution in [0.5, 0.6) is 0 Å². The van der Waals surface area contributed by atoms with Crippen LogP contribution in [0.1, 0.15) is 59.1 Å². The van der Waals surface area contributed by atoms with E-state index in [4.69, 9.17) is 0 Å². The third kappa shape index (κ3) is 6.17. The number of rotatable bonds is 7. The molecule has 3 rings (SSSR count). The van der Waals surface area contributed by atoms with Gasteiger partial charge in [0.1, 0.15) is 5.00 Å². The summed E-state index contributed by atoms with van der Waals surface area (Å²) in [4.78, 5) is 15.2. The highest BCUT2D eigenvalue weighted by atomic mass is 32.1. The van der Waals surface area contributed by atoms with Crippen LogP contribution in [0.4, 0.5) is 18.2 Å². The van der Waals surface area contributed by atoms with Gasteiger partial charge in [-0.25, -0.2) is 0 Å². The summed E-state index contributed by atoms with van der Waals surface area (Å²) < 4.78 is 43.7. The van der Waals surface area contributed by atoms with Crippen molar-refractivity contribution >= 4 is 22.4 Å². The van der Waals surface area contributed by atoms with Crippen LogP contribution in [-0.4, -0.2) is 28.8 Å². The van der Waals surface area contributed by atoms with Gasteiger partial charge in [-0.2, -0.15) is 17.5 Å². The molecular weight excluding hydrogens is 459 g/mol. The molecule has 0 fully saturated rings. The molecule has 1 amide bonds. The van der Waals surface area contributed by atoms with Gasteiger partial charge in [0.05, 0.1) is 16.8 Å². The number of carbonyl (C=O) groups excluding carboxylic acids is 1. The zero-order valence-electron chi connectivity index (χ0n) is 20.1. The van der Waals surface area contributed by atoms with Gasteiger partial charge in [0, 0.05) is 20.1 Å². The van der Waals surface area contributed by atoms with E-state index in [1.54, 1.807) is 24.9 Å². The number of aromatic nitrogens is 1. The minimum absolute atomic E-state index is 0.0126. The van der Waals surface area contributed by atoms with E-state index in [2.05, 4.69) is 42.6 Å². The number of halogens is 3. The Labute approximate surface area is 203 Å². The quantitative estimate of drug-likeness (QED) is 0.402. The topological polar surface area (TPSA) is 45.2 Å². The molecule has 3 aromatic rings. The third-order valence-corrected chi connectivity index (χ3v) is 6.66. The van der Waals surface area contributed by atoms with Gasteiger partial charge in [0.25, 0.3) is 5.91 Å². The maximum Gasteiger partial charge on any atom is 0.416 e. The molecule has 1 N–H and O–H groups in total. The molecule has 0 atom stereocenters. The van der Waals surface area contributed by atoms with Crippen LogP contribution in [0.2, 0.25) is 0 Å². The first kappa shape index (κ1) is 25.7. The van der Waals surface area contributed by atoms with Crippen molar-refractivity contribution in [1.82, 2.24) is 9.27 Å². The van der Waals surface area contributed by atoms with E-state index in [0.717, 1.165) is 17.7 Å². The Hall–Kier alpha value is -2.87. The van der Waals surface area contributed by atoms with E-state index >= 15 is 0 Å². The number of amides is 1. The molecule has 8 heteroatoms. The minimum Gasteiger partial charge on any atom is -0.378 e. The lowest BCUT2D eigenvalue weighted by atomic mass is 9.87. The molecule has 0 radical (unpaired) electrons. The van der Waals surface area contributed by atoms with Crippen LogP contribution < -0.4 is 5.32 Å². The van der Waals surface area contributed by atoms with E-state index in [-0.39, 0.29) is 17.9 Å². The first-order valence-corrected chi connectivity index (χ1v) is 11.9. The van der Waals surface area contributed by atoms with Gasteiger partial charge in [-0.15, -0.1) is 0 Å². The zero-order valence-corrected chi connectivity index (χ0v) is 20.9. The first-order chi connectivity index (χ1) is 15.9. The fourth-order valence-electron chi connectivity index (χ4n) is 3.70. The Morgan fingerprint density at radius 2 is 1.71 bits per heavy atom. The lowest BCUT2D eigenvalue weighted by Gasteiger charge is -2.25. The van der Waals surface area contributed by atoms with Gasteiger partial charge in [-0.3, -0.25) is 4.79 Å². The molecule has 0 spiro atoms. The number of nitrogens with one attached hydrogen (secondary N) is 1. The van der Waals surface area contributed by atoms with Crippen molar-refractivity contribution in [3.8, 4) is 0 Å². The van der Waals surface area contributed by atoms with Crippen LogP contribution in [0, 0.1) is 6.92 Å². The lowest BCUT2D eigenvalue weighted by molar-refractivity contribution is -0.137. The number of nitrogens with zero attached hydrogens (tertiary/aromatic N) is 2. The van der Waals surface area contributed by atoms with Crippen molar-refractivity contribution in [2.24, 2.45) is 0 Å². The van der Waals surface area contributed by atoms with Crippen molar-refractivity contribution in [3.05, 3.63) is 82.0 Å². The normalized spacial score (nSPS) is 12.0. The van der Waals surface area contributed by atoms with Crippen LogP contribution in [0.25, 0.3) is 0 Å². The summed E-state index contributed by atoms with van der Waals surface area (Å²) >= 11 is 1.22. The fraction of sp³-hybridized carbons (Fsp3) is 0.385. The number of alkyl halides is 3. The second-order valence-corrected chi connectivity index (χ2v) is 10.1. The fourth-order valence-corrected chi connectivity index (χ4v) is 4.44. The summed E-state index contributed by atoms with van der Waals surface area (Å²) in [6.45, 7) is 8.82. The number of anilines is 1. The molecule has 1 aromatic heterocycles. The standard InChI is InChI=1S/C26H30F3N3OS/c1-17-22(23(30-5)34-31-17)24(33)32(16-19-9-11-20(12-10-19)25(2,3)4)14-13-18-7-6-8-21(15-18)26(27,28)29/h6-12,15,30H,13-14,16H2,1-5H3. The highest BCUT2D eigenvalue weighted by Gasteiger charge is 2.30. The van der Waals surface area contributed by atoms with Crippen molar-refractivity contribution in [2.75, 3.05) is 18.9 Å². The molecule has 182 valence electrons. The number of aryl methyl sites for hydroxylation is 1. The number of carbonyl (C=O) groups is 1. The molecule has 0 aliphatic carbocycles. The summed E-state index contributed by atoms with van der Waals surface area (Å²) in [6, 6.07) is 13.4. The van der Waals surface area contributed by atoms with E-state index in [1.165, 1.54) is 23.2 Å². The highest BCUT2D eigenvalue weighted by molar-refractivity contribution is 7.10. The number of hydrogen-bond acceptors (Lipinski definition) is 4. The predicted octanol–water partition coefficient (Wildman–Crippen LogP) is 6.69. The molecule has 0 bridgehead atoms. The van der Waals surface area contributed by atoms with E-state index < -0.39 is 11.7 Å². The van der Waals surface area contributed by atoms with Crippen LogP contribution in [0.15, 0.2) is 48.5 Å². The van der Waals surface area contributed by atoms with Gasteiger partial charge in [-0.1, -0.05) is 63.2 Å². The van der Waals surface area contributed by atoms with Crippen molar-refractivity contribution in [2.45, 2.75) is 52.3 Å². The van der Waals surface area contributed by atoms with E-state index in [9.17, 15) is 18.0 Å². The number of benzene rings is 2. The van der Waals surface area contributed by atoms with Crippen LogP contribution in [-0.2, 0) is 24.6 Å². The third-order valence-electron chi connectivity index (χ3n) is 5.71. The Balaban J connectivity index is 1.87. The molecular formula is C26H30F3N3OS. The van der Waals surface area contributed by atoms with Gasteiger partial charge < -0.3 is 10.2 Å². The van der Waals surface area contributed by atoms with Crippen LogP contribution in [0.3, 0.4) is 0 Å². The maximum absolute atomic E-state index is 13.6. The molecule has 4 nitrogen and oxygen atoms in total. The molecule has 0 aliphatic heterocycles. The summed E-state index contributed by atoms with van der Waals surface area (Å²) in [6.07, 6.45) is -4.09. The summed E-state index contributed by atoms with van der Waals surface area (Å²) in [7, 11) is 1.74. The second kappa shape index (κ2) is 10.2. The summed E-state index contributed by atoms with van der Waals surface area (Å²) in [5.74, 6) is -0.192. The second-order valence-electron chi connectivity index (χ2n) is 9.34. The number of hydrogen-bond donors (Lipinski definition) is 1. The molecule has 0 aliphatic rings. The minimum atomic E-state index is -4.40. The van der Waals surface area contributed by atoms with Gasteiger partial charge in [0.2, 0.25) is 0 Å². The first-order valence-electron chi connectivity index (χ1n) is 11.1. The smallest absolute Gasteiger partial charge is 0.378 e. The highest BCUT2D eigenvalue weighted by Crippen LogP contribution is 2.30. The monoisotopic (exact) mass is 489 g/mol. The largest absolute Gasteiger partial charge is 0.416 e. The zero-order chi connectivity index (χ0) is 25.1. The predicted molar refractivity (Wildman–Crippen MR) is 131 cm³/mol.